The Kier molecular flexibility index (Phi) is 7.80. The number of rotatable bonds is 7. The second-order valence-corrected chi connectivity index (χ2v) is 4.60. The molecule has 0 saturated heterocycles. The number of hydrogen-bond acceptors (Lipinski definition) is 2. The van der Waals surface area contributed by atoms with Gasteiger partial charge in [0.05, 0.1) is 6.61 Å². The first-order valence-corrected chi connectivity index (χ1v) is 6.95. The minimum atomic E-state index is -0.132. The number of hydrogen-bond donors (Lipinski definition) is 1. The first kappa shape index (κ1) is 17.5. The van der Waals surface area contributed by atoms with Crippen LogP contribution in [0.2, 0.25) is 0 Å². The Morgan fingerprint density at radius 1 is 1.10 bits per heavy atom. The fourth-order valence-corrected chi connectivity index (χ4v) is 2.07. The Hall–Kier alpha value is -1.58. The Bertz CT molecular complexity index is 548. The predicted molar refractivity (Wildman–Crippen MR) is 86.7 cm³/mol. The molecule has 4 heteroatoms. The van der Waals surface area contributed by atoms with Gasteiger partial charge in [0.15, 0.2) is 0 Å². The molecule has 21 heavy (non-hydrogen) atoms. The Labute approximate surface area is 131 Å². The molecule has 2 rings (SSSR count). The summed E-state index contributed by atoms with van der Waals surface area (Å²) in [7, 11) is 0. The molecule has 1 N–H and O–H groups in total. The van der Waals surface area contributed by atoms with Gasteiger partial charge in [0, 0.05) is 6.54 Å². The van der Waals surface area contributed by atoms with Gasteiger partial charge in [-0.25, -0.2) is 4.39 Å². The lowest BCUT2D eigenvalue weighted by molar-refractivity contribution is 0.340. The molecule has 0 heterocycles. The number of ether oxygens (including phenoxy) is 1. The summed E-state index contributed by atoms with van der Waals surface area (Å²) in [5, 5.41) is 3.32. The first-order chi connectivity index (χ1) is 9.79. The summed E-state index contributed by atoms with van der Waals surface area (Å²) >= 11 is 0. The maximum atomic E-state index is 13.4. The molecular weight excluding hydrogens is 289 g/mol. The van der Waals surface area contributed by atoms with Crippen molar-refractivity contribution >= 4 is 12.4 Å². The summed E-state index contributed by atoms with van der Waals surface area (Å²) in [5.41, 5.74) is 1.92. The molecule has 0 spiro atoms. The number of benzene rings is 2. The van der Waals surface area contributed by atoms with Crippen LogP contribution in [0.4, 0.5) is 4.39 Å². The summed E-state index contributed by atoms with van der Waals surface area (Å²) < 4.78 is 18.9. The van der Waals surface area contributed by atoms with Gasteiger partial charge in [-0.1, -0.05) is 30.3 Å². The molecule has 0 aromatic heterocycles. The van der Waals surface area contributed by atoms with E-state index < -0.39 is 0 Å². The van der Waals surface area contributed by atoms with Gasteiger partial charge in [-0.15, -0.1) is 12.4 Å². The van der Waals surface area contributed by atoms with E-state index in [0.717, 1.165) is 24.4 Å². The van der Waals surface area contributed by atoms with Gasteiger partial charge in [-0.2, -0.15) is 0 Å². The van der Waals surface area contributed by atoms with Crippen molar-refractivity contribution in [2.75, 3.05) is 13.2 Å². The van der Waals surface area contributed by atoms with Gasteiger partial charge in [-0.05, 0) is 49.2 Å². The normalized spacial score (nSPS) is 10.0. The van der Waals surface area contributed by atoms with Gasteiger partial charge in [0.25, 0.3) is 0 Å². The zero-order chi connectivity index (χ0) is 14.2. The third kappa shape index (κ3) is 5.74. The molecule has 0 bridgehead atoms. The predicted octanol–water partition coefficient (Wildman–Crippen LogP) is 3.98. The highest BCUT2D eigenvalue weighted by molar-refractivity contribution is 5.85. The molecular formula is C17H21ClFNO. The van der Waals surface area contributed by atoms with Crippen LogP contribution >= 0.6 is 12.4 Å². The molecule has 0 atom stereocenters. The van der Waals surface area contributed by atoms with Crippen molar-refractivity contribution in [1.82, 2.24) is 5.32 Å². The zero-order valence-electron chi connectivity index (χ0n) is 12.1. The Morgan fingerprint density at radius 3 is 2.67 bits per heavy atom. The SMILES string of the molecule is CCOc1cccc(CNCCc2ccccc2F)c1.Cl. The van der Waals surface area contributed by atoms with Crippen LogP contribution in [0, 0.1) is 5.82 Å². The summed E-state index contributed by atoms with van der Waals surface area (Å²) in [6.07, 6.45) is 0.692. The van der Waals surface area contributed by atoms with E-state index in [0.29, 0.717) is 13.0 Å². The van der Waals surface area contributed by atoms with E-state index in [4.69, 9.17) is 4.74 Å². The highest BCUT2D eigenvalue weighted by Gasteiger charge is 2.00. The average molecular weight is 310 g/mol. The maximum Gasteiger partial charge on any atom is 0.126 e. The van der Waals surface area contributed by atoms with Crippen molar-refractivity contribution in [3.63, 3.8) is 0 Å². The maximum absolute atomic E-state index is 13.4. The topological polar surface area (TPSA) is 21.3 Å². The lowest BCUT2D eigenvalue weighted by Crippen LogP contribution is -2.17. The van der Waals surface area contributed by atoms with Gasteiger partial charge >= 0.3 is 0 Å². The van der Waals surface area contributed by atoms with Crippen molar-refractivity contribution < 1.29 is 9.13 Å². The van der Waals surface area contributed by atoms with Crippen LogP contribution in [-0.4, -0.2) is 13.2 Å². The molecule has 2 nitrogen and oxygen atoms in total. The van der Waals surface area contributed by atoms with Crippen LogP contribution in [0.15, 0.2) is 48.5 Å². The van der Waals surface area contributed by atoms with Crippen molar-refractivity contribution in [3.8, 4) is 5.75 Å². The molecule has 0 aliphatic rings. The third-order valence-electron chi connectivity index (χ3n) is 3.07. The largest absolute Gasteiger partial charge is 0.494 e. The molecule has 0 aliphatic carbocycles. The van der Waals surface area contributed by atoms with Crippen molar-refractivity contribution in [2.45, 2.75) is 19.9 Å². The molecule has 0 unspecified atom stereocenters. The molecule has 114 valence electrons. The van der Waals surface area contributed by atoms with Crippen LogP contribution in [0.3, 0.4) is 0 Å². The number of halogens is 2. The highest BCUT2D eigenvalue weighted by atomic mass is 35.5. The molecule has 0 amide bonds. The van der Waals surface area contributed by atoms with Crippen LogP contribution in [0.5, 0.6) is 5.75 Å². The van der Waals surface area contributed by atoms with Crippen molar-refractivity contribution in [2.24, 2.45) is 0 Å². The van der Waals surface area contributed by atoms with Crippen LogP contribution in [0.1, 0.15) is 18.1 Å². The highest BCUT2D eigenvalue weighted by Crippen LogP contribution is 2.13. The smallest absolute Gasteiger partial charge is 0.126 e. The number of nitrogens with one attached hydrogen (secondary N) is 1. The molecule has 0 aliphatic heterocycles. The van der Waals surface area contributed by atoms with Gasteiger partial charge in [0.1, 0.15) is 11.6 Å². The molecule has 0 radical (unpaired) electrons. The summed E-state index contributed by atoms with van der Waals surface area (Å²) in [5.74, 6) is 0.758. The zero-order valence-corrected chi connectivity index (χ0v) is 13.0. The van der Waals surface area contributed by atoms with Crippen molar-refractivity contribution in [1.29, 1.82) is 0 Å². The lowest BCUT2D eigenvalue weighted by atomic mass is 10.1. The summed E-state index contributed by atoms with van der Waals surface area (Å²) in [6.45, 7) is 4.15. The van der Waals surface area contributed by atoms with E-state index >= 15 is 0 Å². The molecule has 0 fully saturated rings. The van der Waals surface area contributed by atoms with E-state index in [9.17, 15) is 4.39 Å². The molecule has 2 aromatic carbocycles. The third-order valence-corrected chi connectivity index (χ3v) is 3.07. The minimum Gasteiger partial charge on any atom is -0.494 e. The standard InChI is InChI=1S/C17H20FNO.ClH/c1-2-20-16-8-5-6-14(12-16)13-19-11-10-15-7-3-4-9-17(15)18;/h3-9,12,19H,2,10-11,13H2,1H3;1H. The van der Waals surface area contributed by atoms with E-state index in [1.54, 1.807) is 6.07 Å². The van der Waals surface area contributed by atoms with E-state index in [-0.39, 0.29) is 18.2 Å². The summed E-state index contributed by atoms with van der Waals surface area (Å²) in [6, 6.07) is 14.9. The summed E-state index contributed by atoms with van der Waals surface area (Å²) in [4.78, 5) is 0. The van der Waals surface area contributed by atoms with E-state index in [1.165, 1.54) is 11.6 Å². The monoisotopic (exact) mass is 309 g/mol. The fourth-order valence-electron chi connectivity index (χ4n) is 2.07. The average Bonchev–Trinajstić information content (AvgIpc) is 2.46. The quantitative estimate of drug-likeness (QED) is 0.781. The van der Waals surface area contributed by atoms with E-state index in [1.807, 2.05) is 37.3 Å². The molecule has 0 saturated carbocycles. The van der Waals surface area contributed by atoms with Crippen LogP contribution in [0.25, 0.3) is 0 Å². The first-order valence-electron chi connectivity index (χ1n) is 6.95. The van der Waals surface area contributed by atoms with Gasteiger partial charge < -0.3 is 10.1 Å². The van der Waals surface area contributed by atoms with E-state index in [2.05, 4.69) is 11.4 Å². The second-order valence-electron chi connectivity index (χ2n) is 4.60. The fraction of sp³-hybridized carbons (Fsp3) is 0.294. The Morgan fingerprint density at radius 2 is 1.90 bits per heavy atom. The van der Waals surface area contributed by atoms with Gasteiger partial charge in [0.2, 0.25) is 0 Å². The van der Waals surface area contributed by atoms with Crippen LogP contribution in [-0.2, 0) is 13.0 Å². The lowest BCUT2D eigenvalue weighted by Gasteiger charge is -2.08. The van der Waals surface area contributed by atoms with Crippen molar-refractivity contribution in [3.05, 3.63) is 65.5 Å². The minimum absolute atomic E-state index is 0. The van der Waals surface area contributed by atoms with Gasteiger partial charge in [-0.3, -0.25) is 0 Å². The molecule has 2 aromatic rings. The Balaban J connectivity index is 0.00000220. The second kappa shape index (κ2) is 9.37. The van der Waals surface area contributed by atoms with Crippen LogP contribution < -0.4 is 10.1 Å².